The number of rotatable bonds is 2. The lowest BCUT2D eigenvalue weighted by Crippen LogP contribution is -1.74. The van der Waals surface area contributed by atoms with E-state index in [1.165, 1.54) is 4.70 Å². The first kappa shape index (κ1) is 13.0. The van der Waals surface area contributed by atoms with E-state index >= 15 is 0 Å². The predicted octanol–water partition coefficient (Wildman–Crippen LogP) is 5.99. The van der Waals surface area contributed by atoms with Crippen LogP contribution in [0.25, 0.3) is 22.4 Å². The Bertz CT molecular complexity index is 708. The molecule has 0 spiro atoms. The zero-order chi connectivity index (χ0) is 13.2. The molecule has 3 rings (SSSR count). The third-order valence-corrected chi connectivity index (χ3v) is 4.53. The molecule has 0 aliphatic carbocycles. The molecular weight excluding hydrogens is 386 g/mol. The maximum atomic E-state index is 4.58. The molecule has 1 nitrogen and oxygen atoms in total. The summed E-state index contributed by atoms with van der Waals surface area (Å²) in [6.07, 6.45) is 4.13. The van der Waals surface area contributed by atoms with Gasteiger partial charge in [-0.3, -0.25) is 0 Å². The van der Waals surface area contributed by atoms with Gasteiger partial charge >= 0.3 is 0 Å². The molecule has 0 unspecified atom stereocenters. The maximum absolute atomic E-state index is 4.58. The van der Waals surface area contributed by atoms with Gasteiger partial charge in [-0.25, -0.2) is 4.98 Å². The number of halogens is 2. The third kappa shape index (κ3) is 3.14. The molecule has 0 saturated heterocycles. The maximum Gasteiger partial charge on any atom is 0.117 e. The molecule has 3 aromatic rings. The van der Waals surface area contributed by atoms with E-state index in [1.807, 2.05) is 24.3 Å². The first-order chi connectivity index (χ1) is 9.20. The summed E-state index contributed by atoms with van der Waals surface area (Å²) in [5.74, 6) is 0. The number of fused-ring (bicyclic) bond motifs is 1. The molecule has 0 atom stereocenters. The van der Waals surface area contributed by atoms with Crippen molar-refractivity contribution in [3.05, 3.63) is 62.0 Å². The lowest BCUT2D eigenvalue weighted by molar-refractivity contribution is 1.46. The second-order valence-electron chi connectivity index (χ2n) is 4.06. The van der Waals surface area contributed by atoms with Gasteiger partial charge in [-0.1, -0.05) is 50.1 Å². The normalized spacial score (nSPS) is 11.5. The van der Waals surface area contributed by atoms with E-state index in [0.717, 1.165) is 25.0 Å². The Morgan fingerprint density at radius 2 is 1.68 bits per heavy atom. The zero-order valence-electron chi connectivity index (χ0n) is 9.81. The minimum atomic E-state index is 1.03. The Balaban J connectivity index is 1.93. The van der Waals surface area contributed by atoms with Crippen LogP contribution in [0, 0.1) is 0 Å². The minimum absolute atomic E-state index is 1.03. The summed E-state index contributed by atoms with van der Waals surface area (Å²) in [5, 5.41) is 1.03. The summed E-state index contributed by atoms with van der Waals surface area (Å²) < 4.78 is 3.34. The van der Waals surface area contributed by atoms with E-state index in [-0.39, 0.29) is 0 Å². The standard InChI is InChI=1S/C15H9Br2NS/c16-11-7-10(8-12(17)9-11)5-6-15-18-13-3-1-2-4-14(13)19-15/h1-9H. The Hall–Kier alpha value is -0.970. The largest absolute Gasteiger partial charge is 0.237 e. The number of benzene rings is 2. The fourth-order valence-corrected chi connectivity index (χ4v) is 4.00. The second-order valence-corrected chi connectivity index (χ2v) is 6.95. The van der Waals surface area contributed by atoms with Crippen molar-refractivity contribution in [2.24, 2.45) is 0 Å². The number of aromatic nitrogens is 1. The van der Waals surface area contributed by atoms with E-state index in [1.54, 1.807) is 11.3 Å². The molecular formula is C15H9Br2NS. The van der Waals surface area contributed by atoms with Crippen molar-refractivity contribution in [3.63, 3.8) is 0 Å². The summed E-state index contributed by atoms with van der Waals surface area (Å²) in [7, 11) is 0. The highest BCUT2D eigenvalue weighted by Gasteiger charge is 2.00. The van der Waals surface area contributed by atoms with Crippen LogP contribution in [0.15, 0.2) is 51.4 Å². The van der Waals surface area contributed by atoms with Crippen LogP contribution < -0.4 is 0 Å². The smallest absolute Gasteiger partial charge is 0.117 e. The topological polar surface area (TPSA) is 12.9 Å². The number of thiazole rings is 1. The number of hydrogen-bond donors (Lipinski definition) is 0. The molecule has 1 heterocycles. The van der Waals surface area contributed by atoms with Crippen molar-refractivity contribution in [2.75, 3.05) is 0 Å². The van der Waals surface area contributed by atoms with Gasteiger partial charge in [-0.15, -0.1) is 11.3 Å². The van der Waals surface area contributed by atoms with E-state index < -0.39 is 0 Å². The van der Waals surface area contributed by atoms with Crippen LogP contribution in [-0.4, -0.2) is 4.98 Å². The molecule has 0 aliphatic rings. The molecule has 0 fully saturated rings. The van der Waals surface area contributed by atoms with Crippen molar-refractivity contribution < 1.29 is 0 Å². The van der Waals surface area contributed by atoms with Crippen molar-refractivity contribution in [2.45, 2.75) is 0 Å². The Morgan fingerprint density at radius 1 is 0.947 bits per heavy atom. The highest BCUT2D eigenvalue weighted by atomic mass is 79.9. The van der Waals surface area contributed by atoms with E-state index in [4.69, 9.17) is 0 Å². The molecule has 0 bridgehead atoms. The number of hydrogen-bond acceptors (Lipinski definition) is 2. The van der Waals surface area contributed by atoms with Crippen LogP contribution in [0.4, 0.5) is 0 Å². The van der Waals surface area contributed by atoms with E-state index in [2.05, 4.69) is 67.2 Å². The van der Waals surface area contributed by atoms with Gasteiger partial charge in [0.2, 0.25) is 0 Å². The van der Waals surface area contributed by atoms with Crippen molar-refractivity contribution >= 4 is 65.6 Å². The van der Waals surface area contributed by atoms with Gasteiger partial charge in [0, 0.05) is 8.95 Å². The van der Waals surface area contributed by atoms with Gasteiger partial charge in [0.15, 0.2) is 0 Å². The molecule has 0 amide bonds. The molecule has 2 aromatic carbocycles. The number of para-hydroxylation sites is 1. The summed E-state index contributed by atoms with van der Waals surface area (Å²) in [6.45, 7) is 0. The lowest BCUT2D eigenvalue weighted by Gasteiger charge is -1.96. The van der Waals surface area contributed by atoms with Crippen LogP contribution in [0.5, 0.6) is 0 Å². The van der Waals surface area contributed by atoms with Crippen LogP contribution in [0.1, 0.15) is 10.6 Å². The highest BCUT2D eigenvalue weighted by Crippen LogP contribution is 2.25. The fraction of sp³-hybridized carbons (Fsp3) is 0. The van der Waals surface area contributed by atoms with Gasteiger partial charge in [-0.2, -0.15) is 0 Å². The minimum Gasteiger partial charge on any atom is -0.237 e. The molecule has 19 heavy (non-hydrogen) atoms. The molecule has 94 valence electrons. The Labute approximate surface area is 132 Å². The zero-order valence-corrected chi connectivity index (χ0v) is 13.8. The SMILES string of the molecule is Brc1cc(Br)cc(C=Cc2nc3ccccc3s2)c1. The second kappa shape index (κ2) is 5.57. The van der Waals surface area contributed by atoms with Gasteiger partial charge in [-0.05, 0) is 42.0 Å². The predicted molar refractivity (Wildman–Crippen MR) is 90.4 cm³/mol. The molecule has 0 N–H and O–H groups in total. The van der Waals surface area contributed by atoms with Crippen LogP contribution in [0.2, 0.25) is 0 Å². The van der Waals surface area contributed by atoms with Gasteiger partial charge < -0.3 is 0 Å². The molecule has 0 saturated carbocycles. The molecule has 0 radical (unpaired) electrons. The van der Waals surface area contributed by atoms with E-state index in [0.29, 0.717) is 0 Å². The van der Waals surface area contributed by atoms with Crippen molar-refractivity contribution in [1.29, 1.82) is 0 Å². The molecule has 0 aliphatic heterocycles. The summed E-state index contributed by atoms with van der Waals surface area (Å²) in [6, 6.07) is 14.4. The van der Waals surface area contributed by atoms with Crippen LogP contribution in [-0.2, 0) is 0 Å². The summed E-state index contributed by atoms with van der Waals surface area (Å²) >= 11 is 8.68. The van der Waals surface area contributed by atoms with Crippen molar-refractivity contribution in [3.8, 4) is 0 Å². The highest BCUT2D eigenvalue weighted by molar-refractivity contribution is 9.11. The van der Waals surface area contributed by atoms with Gasteiger partial charge in [0.1, 0.15) is 5.01 Å². The third-order valence-electron chi connectivity index (χ3n) is 2.61. The monoisotopic (exact) mass is 393 g/mol. The first-order valence-corrected chi connectivity index (χ1v) is 8.11. The lowest BCUT2D eigenvalue weighted by atomic mass is 10.2. The first-order valence-electron chi connectivity index (χ1n) is 5.70. The van der Waals surface area contributed by atoms with Crippen molar-refractivity contribution in [1.82, 2.24) is 4.98 Å². The van der Waals surface area contributed by atoms with E-state index in [9.17, 15) is 0 Å². The van der Waals surface area contributed by atoms with Gasteiger partial charge in [0.05, 0.1) is 10.2 Å². The average molecular weight is 395 g/mol. The summed E-state index contributed by atoms with van der Waals surface area (Å²) in [4.78, 5) is 4.58. The Morgan fingerprint density at radius 3 is 2.42 bits per heavy atom. The van der Waals surface area contributed by atoms with Gasteiger partial charge in [0.25, 0.3) is 0 Å². The quantitative estimate of drug-likeness (QED) is 0.520. The molecule has 4 heteroatoms. The summed E-state index contributed by atoms with van der Waals surface area (Å²) in [5.41, 5.74) is 2.20. The van der Waals surface area contributed by atoms with Crippen LogP contribution >= 0.6 is 43.2 Å². The molecule has 1 aromatic heterocycles. The fourth-order valence-electron chi connectivity index (χ4n) is 1.80. The number of nitrogens with zero attached hydrogens (tertiary/aromatic N) is 1. The Kier molecular flexibility index (Phi) is 3.82. The van der Waals surface area contributed by atoms with Crippen LogP contribution in [0.3, 0.4) is 0 Å². The average Bonchev–Trinajstić information content (AvgIpc) is 2.78.